The SMILES string of the molecule is CC(=O)NC(CO)C(C)OCC1CCCCC1. The summed E-state index contributed by atoms with van der Waals surface area (Å²) in [5.74, 6) is 0.528. The van der Waals surface area contributed by atoms with Gasteiger partial charge < -0.3 is 15.2 Å². The van der Waals surface area contributed by atoms with Crippen LogP contribution in [0.5, 0.6) is 0 Å². The van der Waals surface area contributed by atoms with Crippen LogP contribution in [0, 0.1) is 5.92 Å². The summed E-state index contributed by atoms with van der Waals surface area (Å²) in [6, 6.07) is -0.295. The third kappa shape index (κ3) is 5.50. The first-order chi connectivity index (χ1) is 8.13. The van der Waals surface area contributed by atoms with Crippen LogP contribution in [0.4, 0.5) is 0 Å². The number of nitrogens with one attached hydrogen (secondary N) is 1. The van der Waals surface area contributed by atoms with Gasteiger partial charge in [-0.15, -0.1) is 0 Å². The summed E-state index contributed by atoms with van der Waals surface area (Å²) in [6.45, 7) is 4.03. The quantitative estimate of drug-likeness (QED) is 0.742. The van der Waals surface area contributed by atoms with Crippen LogP contribution in [-0.2, 0) is 9.53 Å². The lowest BCUT2D eigenvalue weighted by Crippen LogP contribution is -2.45. The van der Waals surface area contributed by atoms with Crippen LogP contribution in [0.3, 0.4) is 0 Å². The number of aliphatic hydroxyl groups is 1. The number of amides is 1. The molecule has 17 heavy (non-hydrogen) atoms. The minimum absolute atomic E-state index is 0.0780. The Bertz CT molecular complexity index is 227. The van der Waals surface area contributed by atoms with E-state index < -0.39 is 0 Å². The first kappa shape index (κ1) is 14.5. The number of ether oxygens (including phenoxy) is 1. The fourth-order valence-electron chi connectivity index (χ4n) is 2.33. The molecule has 0 spiro atoms. The molecule has 1 rings (SSSR count). The number of carbonyl (C=O) groups excluding carboxylic acids is 1. The van der Waals surface area contributed by atoms with Crippen LogP contribution in [0.25, 0.3) is 0 Å². The fourth-order valence-corrected chi connectivity index (χ4v) is 2.33. The van der Waals surface area contributed by atoms with E-state index in [0.717, 1.165) is 6.61 Å². The summed E-state index contributed by atoms with van der Waals surface area (Å²) >= 11 is 0. The number of carbonyl (C=O) groups is 1. The van der Waals surface area contributed by atoms with E-state index in [0.29, 0.717) is 5.92 Å². The van der Waals surface area contributed by atoms with Crippen molar-refractivity contribution in [2.24, 2.45) is 5.92 Å². The smallest absolute Gasteiger partial charge is 0.217 e. The molecule has 0 aromatic carbocycles. The second-order valence-corrected chi connectivity index (χ2v) is 5.03. The highest BCUT2D eigenvalue weighted by Gasteiger charge is 2.20. The largest absolute Gasteiger partial charge is 0.394 e. The molecule has 1 fully saturated rings. The molecule has 0 radical (unpaired) electrons. The van der Waals surface area contributed by atoms with Crippen molar-refractivity contribution >= 4 is 5.91 Å². The molecule has 0 aliphatic heterocycles. The third-order valence-electron chi connectivity index (χ3n) is 3.47. The number of rotatable bonds is 6. The molecule has 1 aliphatic rings. The first-order valence-electron chi connectivity index (χ1n) is 6.63. The molecule has 0 aromatic rings. The lowest BCUT2D eigenvalue weighted by Gasteiger charge is -2.27. The predicted molar refractivity (Wildman–Crippen MR) is 66.7 cm³/mol. The van der Waals surface area contributed by atoms with Crippen molar-refractivity contribution in [3.05, 3.63) is 0 Å². The monoisotopic (exact) mass is 243 g/mol. The highest BCUT2D eigenvalue weighted by molar-refractivity contribution is 5.73. The molecular weight excluding hydrogens is 218 g/mol. The van der Waals surface area contributed by atoms with Gasteiger partial charge in [-0.3, -0.25) is 4.79 Å². The van der Waals surface area contributed by atoms with E-state index in [4.69, 9.17) is 4.74 Å². The van der Waals surface area contributed by atoms with Gasteiger partial charge in [0.2, 0.25) is 5.91 Å². The van der Waals surface area contributed by atoms with Crippen LogP contribution >= 0.6 is 0 Å². The minimum Gasteiger partial charge on any atom is -0.394 e. The van der Waals surface area contributed by atoms with E-state index in [-0.39, 0.29) is 24.7 Å². The van der Waals surface area contributed by atoms with Crippen molar-refractivity contribution in [3.8, 4) is 0 Å². The zero-order valence-electron chi connectivity index (χ0n) is 10.9. The maximum Gasteiger partial charge on any atom is 0.217 e. The molecule has 0 aromatic heterocycles. The Morgan fingerprint density at radius 3 is 2.59 bits per heavy atom. The second kappa shape index (κ2) is 7.67. The molecule has 0 heterocycles. The van der Waals surface area contributed by atoms with Gasteiger partial charge in [-0.1, -0.05) is 19.3 Å². The van der Waals surface area contributed by atoms with E-state index in [1.54, 1.807) is 0 Å². The Labute approximate surface area is 104 Å². The Kier molecular flexibility index (Phi) is 6.52. The van der Waals surface area contributed by atoms with Gasteiger partial charge in [0.25, 0.3) is 0 Å². The molecule has 4 heteroatoms. The Balaban J connectivity index is 2.25. The molecule has 1 amide bonds. The Morgan fingerprint density at radius 2 is 2.06 bits per heavy atom. The number of hydrogen-bond donors (Lipinski definition) is 2. The number of aliphatic hydroxyl groups excluding tert-OH is 1. The lowest BCUT2D eigenvalue weighted by molar-refractivity contribution is -0.121. The van der Waals surface area contributed by atoms with Crippen LogP contribution in [-0.4, -0.2) is 36.4 Å². The first-order valence-corrected chi connectivity index (χ1v) is 6.63. The highest BCUT2D eigenvalue weighted by Crippen LogP contribution is 2.24. The average Bonchev–Trinajstić information content (AvgIpc) is 2.34. The highest BCUT2D eigenvalue weighted by atomic mass is 16.5. The normalized spacial score (nSPS) is 20.9. The van der Waals surface area contributed by atoms with Gasteiger partial charge in [-0.05, 0) is 25.7 Å². The van der Waals surface area contributed by atoms with E-state index in [9.17, 15) is 9.90 Å². The molecule has 1 saturated carbocycles. The topological polar surface area (TPSA) is 58.6 Å². The third-order valence-corrected chi connectivity index (χ3v) is 3.47. The molecule has 2 atom stereocenters. The van der Waals surface area contributed by atoms with Crippen molar-refractivity contribution < 1.29 is 14.6 Å². The van der Waals surface area contributed by atoms with Gasteiger partial charge in [0.15, 0.2) is 0 Å². The number of hydrogen-bond acceptors (Lipinski definition) is 3. The van der Waals surface area contributed by atoms with Crippen LogP contribution < -0.4 is 5.32 Å². The maximum atomic E-state index is 10.9. The summed E-state index contributed by atoms with van der Waals surface area (Å²) in [4.78, 5) is 10.9. The summed E-state index contributed by atoms with van der Waals surface area (Å²) in [6.07, 6.45) is 6.31. The lowest BCUT2D eigenvalue weighted by atomic mass is 9.90. The van der Waals surface area contributed by atoms with Crippen LogP contribution in [0.2, 0.25) is 0 Å². The van der Waals surface area contributed by atoms with Gasteiger partial charge in [0.05, 0.1) is 18.8 Å². The summed E-state index contributed by atoms with van der Waals surface area (Å²) in [5.41, 5.74) is 0. The van der Waals surface area contributed by atoms with Crippen molar-refractivity contribution in [1.82, 2.24) is 5.32 Å². The van der Waals surface area contributed by atoms with E-state index in [2.05, 4.69) is 5.32 Å². The zero-order valence-corrected chi connectivity index (χ0v) is 10.9. The molecule has 0 bridgehead atoms. The van der Waals surface area contributed by atoms with Crippen molar-refractivity contribution in [2.45, 2.75) is 58.1 Å². The minimum atomic E-state index is -0.295. The van der Waals surface area contributed by atoms with Crippen molar-refractivity contribution in [2.75, 3.05) is 13.2 Å². The van der Waals surface area contributed by atoms with Gasteiger partial charge in [-0.2, -0.15) is 0 Å². The molecule has 2 unspecified atom stereocenters. The average molecular weight is 243 g/mol. The van der Waals surface area contributed by atoms with Crippen molar-refractivity contribution in [3.63, 3.8) is 0 Å². The van der Waals surface area contributed by atoms with Crippen LogP contribution in [0.15, 0.2) is 0 Å². The standard InChI is InChI=1S/C13H25NO3/c1-10(13(8-15)14-11(2)16)17-9-12-6-4-3-5-7-12/h10,12-13,15H,3-9H2,1-2H3,(H,14,16). The van der Waals surface area contributed by atoms with Crippen LogP contribution in [0.1, 0.15) is 46.0 Å². The van der Waals surface area contributed by atoms with Gasteiger partial charge in [0, 0.05) is 13.5 Å². The molecule has 1 aliphatic carbocycles. The van der Waals surface area contributed by atoms with E-state index in [1.807, 2.05) is 6.92 Å². The second-order valence-electron chi connectivity index (χ2n) is 5.03. The van der Waals surface area contributed by atoms with Gasteiger partial charge in [-0.25, -0.2) is 0 Å². The predicted octanol–water partition coefficient (Wildman–Crippen LogP) is 1.47. The molecule has 0 saturated heterocycles. The fraction of sp³-hybridized carbons (Fsp3) is 0.923. The summed E-state index contributed by atoms with van der Waals surface area (Å²) < 4.78 is 5.76. The molecule has 2 N–H and O–H groups in total. The van der Waals surface area contributed by atoms with E-state index in [1.165, 1.54) is 39.0 Å². The van der Waals surface area contributed by atoms with Gasteiger partial charge >= 0.3 is 0 Å². The van der Waals surface area contributed by atoms with Crippen molar-refractivity contribution in [1.29, 1.82) is 0 Å². The summed E-state index contributed by atoms with van der Waals surface area (Å²) in [7, 11) is 0. The van der Waals surface area contributed by atoms with Gasteiger partial charge in [0.1, 0.15) is 0 Å². The Hall–Kier alpha value is -0.610. The maximum absolute atomic E-state index is 10.9. The summed E-state index contributed by atoms with van der Waals surface area (Å²) in [5, 5.41) is 11.9. The zero-order chi connectivity index (χ0) is 12.7. The van der Waals surface area contributed by atoms with E-state index >= 15 is 0 Å². The molecule has 100 valence electrons. The Morgan fingerprint density at radius 1 is 1.41 bits per heavy atom. The molecular formula is C13H25NO3. The molecule has 4 nitrogen and oxygen atoms in total.